The van der Waals surface area contributed by atoms with Crippen molar-refractivity contribution < 1.29 is 32.1 Å². The Hall–Kier alpha value is -2.74. The molecule has 1 aliphatic heterocycles. The molecule has 1 aliphatic carbocycles. The van der Waals surface area contributed by atoms with Crippen LogP contribution in [0.2, 0.25) is 0 Å². The number of hydrogen-bond donors (Lipinski definition) is 1. The van der Waals surface area contributed by atoms with Gasteiger partial charge in [-0.25, -0.2) is 17.6 Å². The number of aliphatic hydroxyl groups is 1. The van der Waals surface area contributed by atoms with Gasteiger partial charge in [0.1, 0.15) is 6.10 Å². The summed E-state index contributed by atoms with van der Waals surface area (Å²) < 4.78 is 69.5. The molecule has 2 fully saturated rings. The lowest BCUT2D eigenvalue weighted by atomic mass is 9.82. The largest absolute Gasteiger partial charge is 0.389 e. The SMILES string of the molecule is CC(O)c1ccc(-c2ccc(C3CCC(OCc4ccc(C5CO5)c(F)c4F)CC3)c(F)c2F)cc1. The van der Waals surface area contributed by atoms with Crippen molar-refractivity contribution >= 4 is 0 Å². The maximum absolute atomic E-state index is 15.1. The molecule has 0 aromatic heterocycles. The Labute approximate surface area is 207 Å². The van der Waals surface area contributed by atoms with E-state index in [2.05, 4.69) is 0 Å². The van der Waals surface area contributed by atoms with Gasteiger partial charge in [-0.05, 0) is 55.2 Å². The Balaban J connectivity index is 1.20. The minimum atomic E-state index is -0.908. The number of halogens is 4. The summed E-state index contributed by atoms with van der Waals surface area (Å²) in [6.07, 6.45) is 1.30. The lowest BCUT2D eigenvalue weighted by Gasteiger charge is -2.29. The third kappa shape index (κ3) is 5.05. The van der Waals surface area contributed by atoms with E-state index in [1.807, 2.05) is 0 Å². The van der Waals surface area contributed by atoms with Gasteiger partial charge in [-0.3, -0.25) is 0 Å². The lowest BCUT2D eigenvalue weighted by Crippen LogP contribution is -2.21. The van der Waals surface area contributed by atoms with Crippen molar-refractivity contribution in [3.63, 3.8) is 0 Å². The third-order valence-corrected chi connectivity index (χ3v) is 7.28. The van der Waals surface area contributed by atoms with E-state index in [0.29, 0.717) is 49.0 Å². The minimum Gasteiger partial charge on any atom is -0.389 e. The fourth-order valence-corrected chi connectivity index (χ4v) is 4.98. The molecule has 1 saturated carbocycles. The van der Waals surface area contributed by atoms with Gasteiger partial charge in [-0.1, -0.05) is 48.5 Å². The molecule has 0 radical (unpaired) electrons. The molecule has 0 spiro atoms. The maximum atomic E-state index is 15.1. The molecule has 2 aliphatic rings. The summed E-state index contributed by atoms with van der Waals surface area (Å²) in [5.41, 5.74) is 2.16. The normalized spacial score (nSPS) is 22.4. The first kappa shape index (κ1) is 24.9. The van der Waals surface area contributed by atoms with Crippen LogP contribution in [0.4, 0.5) is 17.6 Å². The predicted octanol–water partition coefficient (Wildman–Crippen LogP) is 7.28. The topological polar surface area (TPSA) is 42.0 Å². The highest BCUT2D eigenvalue weighted by atomic mass is 19.2. The number of hydrogen-bond acceptors (Lipinski definition) is 3. The van der Waals surface area contributed by atoms with Gasteiger partial charge < -0.3 is 14.6 Å². The monoisotopic (exact) mass is 500 g/mol. The average Bonchev–Trinajstić information content (AvgIpc) is 3.72. The van der Waals surface area contributed by atoms with Gasteiger partial charge in [-0.15, -0.1) is 0 Å². The van der Waals surface area contributed by atoms with E-state index in [9.17, 15) is 18.3 Å². The molecule has 36 heavy (non-hydrogen) atoms. The Morgan fingerprint density at radius 1 is 0.833 bits per heavy atom. The van der Waals surface area contributed by atoms with Crippen LogP contribution in [0.3, 0.4) is 0 Å². The van der Waals surface area contributed by atoms with Gasteiger partial charge in [0.15, 0.2) is 23.3 Å². The van der Waals surface area contributed by atoms with Crippen LogP contribution >= 0.6 is 0 Å². The Morgan fingerprint density at radius 3 is 2.11 bits per heavy atom. The first-order chi connectivity index (χ1) is 17.3. The van der Waals surface area contributed by atoms with Gasteiger partial charge in [0.2, 0.25) is 0 Å². The molecular formula is C29H28F4O3. The second-order valence-electron chi connectivity index (χ2n) is 9.68. The number of benzene rings is 3. The zero-order valence-corrected chi connectivity index (χ0v) is 19.9. The zero-order chi connectivity index (χ0) is 25.4. The summed E-state index contributed by atoms with van der Waals surface area (Å²) in [5, 5.41) is 9.65. The molecule has 190 valence electrons. The Morgan fingerprint density at radius 2 is 1.47 bits per heavy atom. The number of ether oxygens (including phenoxy) is 2. The van der Waals surface area contributed by atoms with Gasteiger partial charge >= 0.3 is 0 Å². The van der Waals surface area contributed by atoms with E-state index in [4.69, 9.17) is 9.47 Å². The van der Waals surface area contributed by atoms with Gasteiger partial charge in [0.25, 0.3) is 0 Å². The van der Waals surface area contributed by atoms with Crippen LogP contribution in [0.1, 0.15) is 73.0 Å². The molecule has 2 unspecified atom stereocenters. The smallest absolute Gasteiger partial charge is 0.166 e. The summed E-state index contributed by atoms with van der Waals surface area (Å²) in [5.74, 6) is -3.66. The van der Waals surface area contributed by atoms with Crippen molar-refractivity contribution in [2.24, 2.45) is 0 Å². The fourth-order valence-electron chi connectivity index (χ4n) is 4.98. The van der Waals surface area contributed by atoms with Crippen LogP contribution in [0.25, 0.3) is 11.1 Å². The van der Waals surface area contributed by atoms with E-state index in [1.165, 1.54) is 12.1 Å². The first-order valence-electron chi connectivity index (χ1n) is 12.3. The van der Waals surface area contributed by atoms with Crippen molar-refractivity contribution in [1.29, 1.82) is 0 Å². The van der Waals surface area contributed by atoms with E-state index in [0.717, 1.165) is 0 Å². The lowest BCUT2D eigenvalue weighted by molar-refractivity contribution is 0.0116. The maximum Gasteiger partial charge on any atom is 0.166 e. The van der Waals surface area contributed by atoms with Crippen molar-refractivity contribution in [3.05, 3.63) is 94.1 Å². The fraction of sp³-hybridized carbons (Fsp3) is 0.379. The average molecular weight is 501 g/mol. The van der Waals surface area contributed by atoms with E-state index >= 15 is 4.39 Å². The van der Waals surface area contributed by atoms with Crippen molar-refractivity contribution in [1.82, 2.24) is 0 Å². The molecule has 3 aromatic carbocycles. The van der Waals surface area contributed by atoms with Gasteiger partial charge in [-0.2, -0.15) is 0 Å². The zero-order valence-electron chi connectivity index (χ0n) is 19.9. The van der Waals surface area contributed by atoms with Crippen LogP contribution in [-0.2, 0) is 16.1 Å². The van der Waals surface area contributed by atoms with Gasteiger partial charge in [0, 0.05) is 16.7 Å². The number of aliphatic hydroxyl groups excluding tert-OH is 1. The molecule has 2 atom stereocenters. The number of rotatable bonds is 7. The molecule has 1 heterocycles. The van der Waals surface area contributed by atoms with Crippen LogP contribution < -0.4 is 0 Å². The second-order valence-corrected chi connectivity index (χ2v) is 9.68. The summed E-state index contributed by atoms with van der Waals surface area (Å²) in [6.45, 7) is 2.00. The molecule has 0 bridgehead atoms. The van der Waals surface area contributed by atoms with Crippen LogP contribution in [0.15, 0.2) is 48.5 Å². The van der Waals surface area contributed by atoms with Crippen molar-refractivity contribution in [2.45, 2.75) is 63.4 Å². The molecule has 1 N–H and O–H groups in total. The Bertz CT molecular complexity index is 1230. The first-order valence-corrected chi connectivity index (χ1v) is 12.3. The molecule has 3 aromatic rings. The van der Waals surface area contributed by atoms with Crippen LogP contribution in [-0.4, -0.2) is 17.8 Å². The minimum absolute atomic E-state index is 0.0462. The highest BCUT2D eigenvalue weighted by Crippen LogP contribution is 2.38. The summed E-state index contributed by atoms with van der Waals surface area (Å²) in [4.78, 5) is 0. The van der Waals surface area contributed by atoms with Crippen LogP contribution in [0.5, 0.6) is 0 Å². The predicted molar refractivity (Wildman–Crippen MR) is 127 cm³/mol. The van der Waals surface area contributed by atoms with Gasteiger partial charge in [0.05, 0.1) is 25.4 Å². The molecule has 1 saturated heterocycles. The second kappa shape index (κ2) is 10.3. The van der Waals surface area contributed by atoms with E-state index in [1.54, 1.807) is 43.3 Å². The summed E-state index contributed by atoms with van der Waals surface area (Å²) >= 11 is 0. The quantitative estimate of drug-likeness (QED) is 0.274. The van der Waals surface area contributed by atoms with Crippen molar-refractivity contribution in [2.75, 3.05) is 6.61 Å². The van der Waals surface area contributed by atoms with E-state index in [-0.39, 0.29) is 41.4 Å². The standard InChI is InChI=1S/C29H28F4O3/c1-16(34)17-2-4-18(5-3-17)22-12-13-23(28(32)27(22)31)19-6-9-21(10-7-19)35-14-20-8-11-24(25-15-36-25)29(33)26(20)30/h2-5,8,11-13,16,19,21,25,34H,6-7,9-10,14-15H2,1H3. The molecule has 0 amide bonds. The molecule has 3 nitrogen and oxygen atoms in total. The van der Waals surface area contributed by atoms with Crippen LogP contribution in [0, 0.1) is 23.3 Å². The number of epoxide rings is 1. The van der Waals surface area contributed by atoms with E-state index < -0.39 is 29.4 Å². The highest BCUT2D eigenvalue weighted by molar-refractivity contribution is 5.65. The third-order valence-electron chi connectivity index (χ3n) is 7.28. The molecular weight excluding hydrogens is 472 g/mol. The molecule has 7 heteroatoms. The Kier molecular flexibility index (Phi) is 7.15. The summed E-state index contributed by atoms with van der Waals surface area (Å²) in [6, 6.07) is 13.0. The van der Waals surface area contributed by atoms with Crippen molar-refractivity contribution in [3.8, 4) is 11.1 Å². The molecule has 5 rings (SSSR count). The summed E-state index contributed by atoms with van der Waals surface area (Å²) in [7, 11) is 0. The highest BCUT2D eigenvalue weighted by Gasteiger charge is 2.31.